The largest absolute Gasteiger partial charge is 0.480 e. The highest BCUT2D eigenvalue weighted by molar-refractivity contribution is 5.98. The van der Waals surface area contributed by atoms with E-state index in [1.54, 1.807) is 0 Å². The van der Waals surface area contributed by atoms with Crippen LogP contribution in [0.15, 0.2) is 0 Å². The van der Waals surface area contributed by atoms with E-state index in [0.29, 0.717) is 9.80 Å². The SMILES string of the molecule is CC(=O)N(CC(=O)O)C(=O)CN(CCN(CC(=O)O)CC(=O)N(CC(=O)O)C(C)=O)CC(=O)O. The number of rotatable bonds is 15. The molecule has 0 radical (unpaired) electrons. The summed E-state index contributed by atoms with van der Waals surface area (Å²) in [6.45, 7) is -3.50. The maximum atomic E-state index is 12.3. The lowest BCUT2D eigenvalue weighted by atomic mass is 10.3. The number of carboxylic acid groups (broad SMARTS) is 4. The molecule has 0 atom stereocenters. The number of hydrogen-bond acceptors (Lipinski definition) is 10. The summed E-state index contributed by atoms with van der Waals surface area (Å²) in [6.07, 6.45) is 0. The minimum absolute atomic E-state index is 0.309. The monoisotopic (exact) mass is 490 g/mol. The number of aliphatic carboxylic acids is 4. The Morgan fingerprint density at radius 2 is 0.735 bits per heavy atom. The van der Waals surface area contributed by atoms with Crippen molar-refractivity contribution >= 4 is 47.5 Å². The van der Waals surface area contributed by atoms with Gasteiger partial charge in [0.25, 0.3) is 0 Å². The first-order valence-corrected chi connectivity index (χ1v) is 9.57. The van der Waals surface area contributed by atoms with E-state index in [4.69, 9.17) is 20.4 Å². The quantitative estimate of drug-likeness (QED) is 0.176. The lowest BCUT2D eigenvalue weighted by Crippen LogP contribution is -2.50. The lowest BCUT2D eigenvalue weighted by Gasteiger charge is -2.27. The molecule has 0 rings (SSSR count). The fraction of sp³-hybridized carbons (Fsp3) is 0.556. The molecule has 0 aliphatic rings. The van der Waals surface area contributed by atoms with Gasteiger partial charge in [0.15, 0.2) is 0 Å². The van der Waals surface area contributed by atoms with Crippen LogP contribution in [0.2, 0.25) is 0 Å². The van der Waals surface area contributed by atoms with Crippen molar-refractivity contribution in [1.29, 1.82) is 0 Å². The average molecular weight is 490 g/mol. The van der Waals surface area contributed by atoms with Crippen LogP contribution in [0, 0.1) is 0 Å². The fourth-order valence-corrected chi connectivity index (χ4v) is 2.67. The van der Waals surface area contributed by atoms with Crippen molar-refractivity contribution in [3.05, 3.63) is 0 Å². The smallest absolute Gasteiger partial charge is 0.323 e. The third-order valence-electron chi connectivity index (χ3n) is 4.12. The van der Waals surface area contributed by atoms with Crippen LogP contribution in [-0.4, -0.2) is 140 Å². The Morgan fingerprint density at radius 3 is 0.941 bits per heavy atom. The van der Waals surface area contributed by atoms with Crippen molar-refractivity contribution in [3.8, 4) is 0 Å². The molecule has 190 valence electrons. The second kappa shape index (κ2) is 14.3. The second-order valence-corrected chi connectivity index (χ2v) is 6.99. The van der Waals surface area contributed by atoms with Crippen molar-refractivity contribution in [2.24, 2.45) is 0 Å². The lowest BCUT2D eigenvalue weighted by molar-refractivity contribution is -0.153. The molecule has 0 aromatic rings. The second-order valence-electron chi connectivity index (χ2n) is 6.99. The van der Waals surface area contributed by atoms with Crippen LogP contribution in [0.5, 0.6) is 0 Å². The highest BCUT2D eigenvalue weighted by Gasteiger charge is 2.27. The molecule has 16 heteroatoms. The molecule has 4 amide bonds. The standard InChI is InChI=1S/C18H26N4O12/c1-11(23)21(9-17(31)32)13(25)5-19(7-15(27)28)3-4-20(8-16(29)30)6-14(26)22(12(2)24)10-18(33)34/h3-10H2,1-2H3,(H,27,28)(H,29,30)(H,31,32)(H,33,34). The Morgan fingerprint density at radius 1 is 0.471 bits per heavy atom. The van der Waals surface area contributed by atoms with Crippen LogP contribution in [0.25, 0.3) is 0 Å². The molecule has 0 aliphatic carbocycles. The van der Waals surface area contributed by atoms with Gasteiger partial charge in [-0.2, -0.15) is 0 Å². The number of imide groups is 2. The Balaban J connectivity index is 5.47. The summed E-state index contributed by atoms with van der Waals surface area (Å²) >= 11 is 0. The van der Waals surface area contributed by atoms with E-state index in [0.717, 1.165) is 23.6 Å². The van der Waals surface area contributed by atoms with Gasteiger partial charge in [0.05, 0.1) is 26.2 Å². The summed E-state index contributed by atoms with van der Waals surface area (Å²) in [7, 11) is 0. The van der Waals surface area contributed by atoms with Gasteiger partial charge in [0, 0.05) is 26.9 Å². The number of nitrogens with zero attached hydrogens (tertiary/aromatic N) is 4. The van der Waals surface area contributed by atoms with Crippen LogP contribution in [0.4, 0.5) is 0 Å². The van der Waals surface area contributed by atoms with Gasteiger partial charge in [-0.15, -0.1) is 0 Å². The molecule has 0 fully saturated rings. The van der Waals surface area contributed by atoms with E-state index in [2.05, 4.69) is 0 Å². The van der Waals surface area contributed by atoms with Crippen molar-refractivity contribution in [3.63, 3.8) is 0 Å². The zero-order chi connectivity index (χ0) is 26.6. The number of carbonyl (C=O) groups excluding carboxylic acids is 4. The first-order valence-electron chi connectivity index (χ1n) is 9.57. The molecular weight excluding hydrogens is 464 g/mol. The van der Waals surface area contributed by atoms with Crippen LogP contribution >= 0.6 is 0 Å². The van der Waals surface area contributed by atoms with Crippen LogP contribution in [0.3, 0.4) is 0 Å². The molecule has 0 spiro atoms. The Kier molecular flexibility index (Phi) is 12.6. The Bertz CT molecular complexity index is 775. The minimum Gasteiger partial charge on any atom is -0.480 e. The van der Waals surface area contributed by atoms with E-state index in [-0.39, 0.29) is 13.1 Å². The summed E-state index contributed by atoms with van der Waals surface area (Å²) in [5.74, 6) is -9.52. The van der Waals surface area contributed by atoms with Gasteiger partial charge in [-0.1, -0.05) is 0 Å². The Labute approximate surface area is 192 Å². The van der Waals surface area contributed by atoms with Gasteiger partial charge >= 0.3 is 23.9 Å². The first kappa shape index (κ1) is 30.1. The topological polar surface area (TPSA) is 230 Å². The molecule has 4 N–H and O–H groups in total. The zero-order valence-corrected chi connectivity index (χ0v) is 18.5. The summed E-state index contributed by atoms with van der Waals surface area (Å²) < 4.78 is 0. The number of amides is 4. The van der Waals surface area contributed by atoms with Gasteiger partial charge in [-0.05, 0) is 0 Å². The molecule has 0 unspecified atom stereocenters. The van der Waals surface area contributed by atoms with Gasteiger partial charge < -0.3 is 20.4 Å². The number of hydrogen-bond donors (Lipinski definition) is 4. The summed E-state index contributed by atoms with van der Waals surface area (Å²) in [6, 6.07) is 0. The molecule has 0 saturated heterocycles. The van der Waals surface area contributed by atoms with Crippen molar-refractivity contribution in [2.45, 2.75) is 13.8 Å². The minimum atomic E-state index is -1.48. The van der Waals surface area contributed by atoms with Crippen LogP contribution in [0.1, 0.15) is 13.8 Å². The molecule has 34 heavy (non-hydrogen) atoms. The summed E-state index contributed by atoms with van der Waals surface area (Å²) in [5, 5.41) is 35.8. The normalized spacial score (nSPS) is 10.6. The van der Waals surface area contributed by atoms with Gasteiger partial charge in [-0.25, -0.2) is 0 Å². The zero-order valence-electron chi connectivity index (χ0n) is 18.5. The highest BCUT2D eigenvalue weighted by atomic mass is 16.4. The average Bonchev–Trinajstić information content (AvgIpc) is 2.66. The van der Waals surface area contributed by atoms with Gasteiger partial charge in [-0.3, -0.25) is 58.0 Å². The summed E-state index contributed by atoms with van der Waals surface area (Å²) in [5.41, 5.74) is 0. The van der Waals surface area contributed by atoms with Gasteiger partial charge in [0.1, 0.15) is 13.1 Å². The molecule has 0 aromatic carbocycles. The predicted molar refractivity (Wildman–Crippen MR) is 108 cm³/mol. The maximum Gasteiger partial charge on any atom is 0.323 e. The third-order valence-corrected chi connectivity index (χ3v) is 4.12. The molecule has 0 bridgehead atoms. The maximum absolute atomic E-state index is 12.3. The van der Waals surface area contributed by atoms with Crippen LogP contribution < -0.4 is 0 Å². The highest BCUT2D eigenvalue weighted by Crippen LogP contribution is 2.01. The van der Waals surface area contributed by atoms with Crippen molar-refractivity contribution < 1.29 is 58.8 Å². The molecule has 0 aromatic heterocycles. The van der Waals surface area contributed by atoms with E-state index in [1.165, 1.54) is 0 Å². The van der Waals surface area contributed by atoms with E-state index in [9.17, 15) is 38.4 Å². The molecular formula is C18H26N4O12. The van der Waals surface area contributed by atoms with E-state index in [1.807, 2.05) is 0 Å². The first-order chi connectivity index (χ1) is 15.6. The van der Waals surface area contributed by atoms with E-state index < -0.39 is 86.8 Å². The predicted octanol–water partition coefficient (Wildman–Crippen LogP) is -3.32. The van der Waals surface area contributed by atoms with Crippen LogP contribution in [-0.2, 0) is 38.4 Å². The molecule has 0 aliphatic heterocycles. The number of carbonyl (C=O) groups is 8. The fourth-order valence-electron chi connectivity index (χ4n) is 2.67. The third kappa shape index (κ3) is 12.2. The molecule has 0 saturated carbocycles. The van der Waals surface area contributed by atoms with Gasteiger partial charge in [0.2, 0.25) is 23.6 Å². The Hall–Kier alpha value is -3.92. The molecule has 0 heterocycles. The van der Waals surface area contributed by atoms with Crippen molar-refractivity contribution in [2.75, 3.05) is 52.4 Å². The van der Waals surface area contributed by atoms with E-state index >= 15 is 0 Å². The summed E-state index contributed by atoms with van der Waals surface area (Å²) in [4.78, 5) is 94.5. The molecule has 16 nitrogen and oxygen atoms in total. The number of carboxylic acids is 4. The van der Waals surface area contributed by atoms with Crippen molar-refractivity contribution in [1.82, 2.24) is 19.6 Å².